The molecule has 1 heterocycles. The summed E-state index contributed by atoms with van der Waals surface area (Å²) < 4.78 is 0. The molecular weight excluding hydrogens is 278 g/mol. The first kappa shape index (κ1) is 13.5. The number of thiazole rings is 1. The zero-order chi connectivity index (χ0) is 14.4. The number of allylic oxidation sites excluding steroid dienone is 4. The molecule has 3 aliphatic carbocycles. The van der Waals surface area contributed by atoms with Gasteiger partial charge in [0.2, 0.25) is 0 Å². The van der Waals surface area contributed by atoms with Gasteiger partial charge in [-0.3, -0.25) is 0 Å². The molecule has 4 rings (SSSR count). The summed E-state index contributed by atoms with van der Waals surface area (Å²) in [5.74, 6) is 1.42. The lowest BCUT2D eigenvalue weighted by Gasteiger charge is -2.34. The van der Waals surface area contributed by atoms with Gasteiger partial charge in [-0.15, -0.1) is 11.3 Å². The maximum absolute atomic E-state index is 10.5. The number of rotatable bonds is 1. The maximum atomic E-state index is 10.5. The van der Waals surface area contributed by atoms with E-state index in [1.54, 1.807) is 0 Å². The van der Waals surface area contributed by atoms with Crippen LogP contribution in [0, 0.1) is 11.8 Å². The van der Waals surface area contributed by atoms with Crippen LogP contribution < -0.4 is 0 Å². The molecule has 110 valence electrons. The number of aliphatic hydroxyl groups is 1. The average Bonchev–Trinajstić information content (AvgIpc) is 2.90. The SMILES string of the molecule is CC1C=CC2=CC(O)C(c3nc4c(s3)CCC=C4)CC2C1. The molecule has 0 spiro atoms. The summed E-state index contributed by atoms with van der Waals surface area (Å²) in [5.41, 5.74) is 2.47. The number of aryl methyl sites for hydroxylation is 1. The molecule has 4 atom stereocenters. The Hall–Kier alpha value is -1.19. The third-order valence-electron chi connectivity index (χ3n) is 4.93. The summed E-state index contributed by atoms with van der Waals surface area (Å²) in [6.07, 6.45) is 15.0. The van der Waals surface area contributed by atoms with Gasteiger partial charge in [0.25, 0.3) is 0 Å². The number of aromatic nitrogens is 1. The van der Waals surface area contributed by atoms with Gasteiger partial charge in [-0.05, 0) is 49.2 Å². The smallest absolute Gasteiger partial charge is 0.0995 e. The van der Waals surface area contributed by atoms with Crippen molar-refractivity contribution in [1.29, 1.82) is 0 Å². The van der Waals surface area contributed by atoms with Crippen LogP contribution >= 0.6 is 11.3 Å². The Balaban J connectivity index is 1.64. The van der Waals surface area contributed by atoms with Gasteiger partial charge in [-0.25, -0.2) is 4.98 Å². The van der Waals surface area contributed by atoms with Crippen molar-refractivity contribution < 1.29 is 5.11 Å². The third-order valence-corrected chi connectivity index (χ3v) is 6.20. The second-order valence-electron chi connectivity index (χ2n) is 6.57. The Morgan fingerprint density at radius 2 is 2.19 bits per heavy atom. The lowest BCUT2D eigenvalue weighted by Crippen LogP contribution is -2.28. The molecule has 0 saturated heterocycles. The van der Waals surface area contributed by atoms with Crippen LogP contribution in [0.4, 0.5) is 0 Å². The van der Waals surface area contributed by atoms with Gasteiger partial charge in [0.15, 0.2) is 0 Å². The van der Waals surface area contributed by atoms with Crippen molar-refractivity contribution in [3.63, 3.8) is 0 Å². The van der Waals surface area contributed by atoms with Crippen molar-refractivity contribution in [2.24, 2.45) is 11.8 Å². The number of aliphatic hydroxyl groups excluding tert-OH is 1. The maximum Gasteiger partial charge on any atom is 0.0995 e. The fraction of sp³-hybridized carbons (Fsp3) is 0.500. The summed E-state index contributed by atoms with van der Waals surface area (Å²) in [5, 5.41) is 11.7. The van der Waals surface area contributed by atoms with E-state index in [4.69, 9.17) is 4.98 Å². The Bertz CT molecular complexity index is 640. The molecule has 3 heteroatoms. The fourth-order valence-electron chi connectivity index (χ4n) is 3.76. The van der Waals surface area contributed by atoms with Gasteiger partial charge in [-0.1, -0.05) is 31.2 Å². The van der Waals surface area contributed by atoms with E-state index in [0.29, 0.717) is 11.8 Å². The monoisotopic (exact) mass is 299 g/mol. The first-order chi connectivity index (χ1) is 10.2. The van der Waals surface area contributed by atoms with Crippen LogP contribution in [0.25, 0.3) is 6.08 Å². The lowest BCUT2D eigenvalue weighted by molar-refractivity contribution is 0.161. The standard InChI is InChI=1S/C18H21NOS/c1-11-6-7-12-10-16(20)14(9-13(12)8-11)18-19-15-4-2-3-5-17(15)21-18/h2,4,6-7,10-11,13-14,16,20H,3,5,8-9H2,1H3. The van der Waals surface area contributed by atoms with Crippen LogP contribution in [-0.2, 0) is 6.42 Å². The van der Waals surface area contributed by atoms with Crippen LogP contribution in [0.5, 0.6) is 0 Å². The molecule has 3 aliphatic rings. The second kappa shape index (κ2) is 5.22. The van der Waals surface area contributed by atoms with E-state index in [2.05, 4.69) is 37.3 Å². The molecule has 0 saturated carbocycles. The highest BCUT2D eigenvalue weighted by molar-refractivity contribution is 7.12. The van der Waals surface area contributed by atoms with Gasteiger partial charge >= 0.3 is 0 Å². The molecule has 0 amide bonds. The Morgan fingerprint density at radius 1 is 1.29 bits per heavy atom. The Kier molecular flexibility index (Phi) is 3.35. The van der Waals surface area contributed by atoms with Crippen molar-refractivity contribution in [1.82, 2.24) is 4.98 Å². The van der Waals surface area contributed by atoms with Gasteiger partial charge in [0.1, 0.15) is 0 Å². The first-order valence-corrected chi connectivity index (χ1v) is 8.76. The van der Waals surface area contributed by atoms with Crippen molar-refractivity contribution in [2.75, 3.05) is 0 Å². The zero-order valence-corrected chi connectivity index (χ0v) is 13.1. The summed E-state index contributed by atoms with van der Waals surface area (Å²) in [4.78, 5) is 6.20. The van der Waals surface area contributed by atoms with E-state index in [-0.39, 0.29) is 12.0 Å². The molecule has 0 radical (unpaired) electrons. The molecular formula is C18H21NOS. The number of hydrogen-bond donors (Lipinski definition) is 1. The summed E-state index contributed by atoms with van der Waals surface area (Å²) in [6, 6.07) is 0. The van der Waals surface area contributed by atoms with E-state index in [1.807, 2.05) is 11.3 Å². The molecule has 21 heavy (non-hydrogen) atoms. The van der Waals surface area contributed by atoms with Gasteiger partial charge < -0.3 is 5.11 Å². The lowest BCUT2D eigenvalue weighted by atomic mass is 9.73. The van der Waals surface area contributed by atoms with Gasteiger partial charge in [0, 0.05) is 10.8 Å². The van der Waals surface area contributed by atoms with E-state index in [1.165, 1.54) is 16.9 Å². The van der Waals surface area contributed by atoms with E-state index in [9.17, 15) is 5.11 Å². The van der Waals surface area contributed by atoms with Gasteiger partial charge in [-0.2, -0.15) is 0 Å². The second-order valence-corrected chi connectivity index (χ2v) is 7.69. The average molecular weight is 299 g/mol. The molecule has 2 nitrogen and oxygen atoms in total. The molecule has 1 aromatic rings. The van der Waals surface area contributed by atoms with E-state index in [0.717, 1.165) is 30.0 Å². The largest absolute Gasteiger partial charge is 0.388 e. The minimum Gasteiger partial charge on any atom is -0.388 e. The van der Waals surface area contributed by atoms with Crippen LogP contribution in [0.2, 0.25) is 0 Å². The topological polar surface area (TPSA) is 33.1 Å². The van der Waals surface area contributed by atoms with Crippen LogP contribution in [-0.4, -0.2) is 16.2 Å². The number of nitrogens with zero attached hydrogens (tertiary/aromatic N) is 1. The van der Waals surface area contributed by atoms with Gasteiger partial charge in [0.05, 0.1) is 16.8 Å². The normalized spacial score (nSPS) is 34.3. The predicted molar refractivity (Wildman–Crippen MR) is 87.3 cm³/mol. The minimum atomic E-state index is -0.383. The molecule has 0 aliphatic heterocycles. The summed E-state index contributed by atoms with van der Waals surface area (Å²) in [7, 11) is 0. The molecule has 0 bridgehead atoms. The highest BCUT2D eigenvalue weighted by Gasteiger charge is 2.34. The molecule has 0 aromatic carbocycles. The van der Waals surface area contributed by atoms with Crippen molar-refractivity contribution in [2.45, 2.75) is 44.6 Å². The zero-order valence-electron chi connectivity index (χ0n) is 12.3. The van der Waals surface area contributed by atoms with Crippen molar-refractivity contribution >= 4 is 17.4 Å². The third kappa shape index (κ3) is 2.43. The molecule has 1 aromatic heterocycles. The molecule has 4 unspecified atom stereocenters. The Morgan fingerprint density at radius 3 is 3.05 bits per heavy atom. The van der Waals surface area contributed by atoms with E-state index >= 15 is 0 Å². The van der Waals surface area contributed by atoms with Crippen LogP contribution in [0.15, 0.2) is 29.9 Å². The molecule has 1 N–H and O–H groups in total. The van der Waals surface area contributed by atoms with Crippen molar-refractivity contribution in [3.05, 3.63) is 45.5 Å². The first-order valence-electron chi connectivity index (χ1n) is 7.95. The highest BCUT2D eigenvalue weighted by atomic mass is 32.1. The van der Waals surface area contributed by atoms with Crippen LogP contribution in [0.3, 0.4) is 0 Å². The Labute approximate surface area is 129 Å². The summed E-state index contributed by atoms with van der Waals surface area (Å²) in [6.45, 7) is 2.28. The minimum absolute atomic E-state index is 0.182. The summed E-state index contributed by atoms with van der Waals surface area (Å²) >= 11 is 1.82. The molecule has 0 fully saturated rings. The number of hydrogen-bond acceptors (Lipinski definition) is 3. The quantitative estimate of drug-likeness (QED) is 0.847. The fourth-order valence-corrected chi connectivity index (χ4v) is 4.99. The highest BCUT2D eigenvalue weighted by Crippen LogP contribution is 2.43. The number of fused-ring (bicyclic) bond motifs is 2. The van der Waals surface area contributed by atoms with E-state index < -0.39 is 0 Å². The van der Waals surface area contributed by atoms with Crippen molar-refractivity contribution in [3.8, 4) is 0 Å². The van der Waals surface area contributed by atoms with Crippen LogP contribution in [0.1, 0.15) is 47.7 Å². The predicted octanol–water partition coefficient (Wildman–Crippen LogP) is 4.09.